The molecule has 2 N–H and O–H groups in total. The summed E-state index contributed by atoms with van der Waals surface area (Å²) in [4.78, 5) is 2.42. The third kappa shape index (κ3) is 5.07. The van der Waals surface area contributed by atoms with E-state index in [2.05, 4.69) is 47.4 Å². The minimum absolute atomic E-state index is 0.209. The number of allylic oxidation sites excluding steroid dienone is 1. The third-order valence-electron chi connectivity index (χ3n) is 7.45. The second-order valence-corrected chi connectivity index (χ2v) is 9.72. The molecule has 2 aliphatic heterocycles. The molecule has 0 amide bonds. The molecule has 0 aromatic heterocycles. The van der Waals surface area contributed by atoms with Crippen molar-refractivity contribution < 1.29 is 9.13 Å². The summed E-state index contributed by atoms with van der Waals surface area (Å²) in [6.45, 7) is 4.40. The fourth-order valence-electron chi connectivity index (χ4n) is 5.75. The maximum Gasteiger partial charge on any atom is 0.0906 e. The molecule has 33 heavy (non-hydrogen) atoms. The van der Waals surface area contributed by atoms with E-state index in [1.165, 1.54) is 45.4 Å². The predicted molar refractivity (Wildman–Crippen MR) is 134 cm³/mol. The molecule has 2 aromatic carbocycles. The average Bonchev–Trinajstić information content (AvgIpc) is 3.30. The van der Waals surface area contributed by atoms with Gasteiger partial charge < -0.3 is 15.4 Å². The Hall–Kier alpha value is -2.43. The molecule has 4 heteroatoms. The highest BCUT2D eigenvalue weighted by Gasteiger charge is 2.25. The van der Waals surface area contributed by atoms with Gasteiger partial charge >= 0.3 is 0 Å². The minimum Gasteiger partial charge on any atom is -0.399 e. The van der Waals surface area contributed by atoms with E-state index in [1.54, 1.807) is 0 Å². The number of aryl methyl sites for hydroxylation is 1. The van der Waals surface area contributed by atoms with Crippen molar-refractivity contribution in [2.75, 3.05) is 45.3 Å². The molecular formula is C29H35FN2O. The fourth-order valence-corrected chi connectivity index (χ4v) is 5.75. The van der Waals surface area contributed by atoms with E-state index in [9.17, 15) is 4.39 Å². The smallest absolute Gasteiger partial charge is 0.0906 e. The van der Waals surface area contributed by atoms with Gasteiger partial charge in [-0.2, -0.15) is 0 Å². The van der Waals surface area contributed by atoms with Crippen LogP contribution in [0.2, 0.25) is 0 Å². The van der Waals surface area contributed by atoms with E-state index in [4.69, 9.17) is 10.5 Å². The Balaban J connectivity index is 1.41. The summed E-state index contributed by atoms with van der Waals surface area (Å²) in [5, 5.41) is 0. The summed E-state index contributed by atoms with van der Waals surface area (Å²) in [6, 6.07) is 15.6. The van der Waals surface area contributed by atoms with Crippen LogP contribution >= 0.6 is 0 Å². The van der Waals surface area contributed by atoms with Gasteiger partial charge in [0.05, 0.1) is 19.9 Å². The maximum absolute atomic E-state index is 12.5. The van der Waals surface area contributed by atoms with Crippen molar-refractivity contribution in [2.45, 2.75) is 38.5 Å². The van der Waals surface area contributed by atoms with E-state index < -0.39 is 0 Å². The maximum atomic E-state index is 12.5. The topological polar surface area (TPSA) is 38.5 Å². The number of nitrogen functional groups attached to an aromatic ring is 1. The van der Waals surface area contributed by atoms with Crippen molar-refractivity contribution in [3.63, 3.8) is 0 Å². The Labute approximate surface area is 197 Å². The molecule has 5 rings (SSSR count). The molecule has 2 heterocycles. The van der Waals surface area contributed by atoms with E-state index in [0.29, 0.717) is 18.9 Å². The third-order valence-corrected chi connectivity index (χ3v) is 7.45. The number of anilines is 1. The quantitative estimate of drug-likeness (QED) is 0.564. The monoisotopic (exact) mass is 446 g/mol. The second-order valence-electron chi connectivity index (χ2n) is 9.72. The van der Waals surface area contributed by atoms with Gasteiger partial charge in [0.1, 0.15) is 0 Å². The predicted octanol–water partition coefficient (Wildman–Crippen LogP) is 5.59. The lowest BCUT2D eigenvalue weighted by molar-refractivity contribution is 0.155. The van der Waals surface area contributed by atoms with Crippen molar-refractivity contribution in [1.29, 1.82) is 0 Å². The van der Waals surface area contributed by atoms with E-state index >= 15 is 0 Å². The van der Waals surface area contributed by atoms with Gasteiger partial charge in [-0.1, -0.05) is 36.4 Å². The van der Waals surface area contributed by atoms with Gasteiger partial charge in [0, 0.05) is 18.8 Å². The summed E-state index contributed by atoms with van der Waals surface area (Å²) in [6.07, 6.45) is 8.35. The highest BCUT2D eigenvalue weighted by Crippen LogP contribution is 2.41. The van der Waals surface area contributed by atoms with Crippen molar-refractivity contribution in [3.05, 3.63) is 81.9 Å². The average molecular weight is 447 g/mol. The van der Waals surface area contributed by atoms with Gasteiger partial charge in [-0.25, -0.2) is 0 Å². The normalized spacial score (nSPS) is 21.2. The largest absolute Gasteiger partial charge is 0.399 e. The van der Waals surface area contributed by atoms with Crippen molar-refractivity contribution in [1.82, 2.24) is 4.90 Å². The van der Waals surface area contributed by atoms with Gasteiger partial charge in [0.2, 0.25) is 0 Å². The number of benzene rings is 2. The first kappa shape index (κ1) is 22.4. The van der Waals surface area contributed by atoms with Gasteiger partial charge in [-0.15, -0.1) is 0 Å². The Morgan fingerprint density at radius 1 is 1.06 bits per heavy atom. The number of hydrogen-bond donors (Lipinski definition) is 1. The fraction of sp³-hybridized carbons (Fsp3) is 0.448. The number of nitrogens with zero attached hydrogens (tertiary/aromatic N) is 1. The summed E-state index contributed by atoms with van der Waals surface area (Å²) < 4.78 is 18.1. The molecule has 3 nitrogen and oxygen atoms in total. The number of hydrogen-bond acceptors (Lipinski definition) is 3. The number of nitrogens with two attached hydrogens (primary N) is 1. The first-order valence-electron chi connectivity index (χ1n) is 12.5. The van der Waals surface area contributed by atoms with Crippen LogP contribution in [0.15, 0.2) is 59.7 Å². The van der Waals surface area contributed by atoms with Crippen LogP contribution in [-0.4, -0.2) is 44.4 Å². The highest BCUT2D eigenvalue weighted by atomic mass is 19.1. The summed E-state index contributed by atoms with van der Waals surface area (Å²) in [7, 11) is 0. The number of ether oxygens (including phenoxy) is 1. The molecule has 174 valence electrons. The summed E-state index contributed by atoms with van der Waals surface area (Å²) in [5.41, 5.74) is 16.6. The summed E-state index contributed by atoms with van der Waals surface area (Å²) >= 11 is 0. The molecule has 3 aliphatic rings. The molecule has 0 spiro atoms. The van der Waals surface area contributed by atoms with Crippen LogP contribution < -0.4 is 5.73 Å². The number of fused-ring (bicyclic) bond motifs is 1. The SMILES string of the molecule is Nc1ccc2c(c1)C(c1ccc(CC3CCN(CCCF)C3)cc1)=C(C1=CCOCC1)CC2. The number of alkyl halides is 1. The molecule has 2 aromatic rings. The Kier molecular flexibility index (Phi) is 6.93. The van der Waals surface area contributed by atoms with Crippen LogP contribution in [0.25, 0.3) is 5.57 Å². The van der Waals surface area contributed by atoms with Crippen molar-refractivity contribution in [2.24, 2.45) is 5.92 Å². The minimum atomic E-state index is -0.209. The first-order chi connectivity index (χ1) is 16.2. The van der Waals surface area contributed by atoms with Crippen molar-refractivity contribution >= 4 is 11.3 Å². The first-order valence-corrected chi connectivity index (χ1v) is 12.5. The van der Waals surface area contributed by atoms with Crippen LogP contribution in [0.5, 0.6) is 0 Å². The standard InChI is InChI=1S/C29H35FN2O/c30-13-1-14-32-15-10-22(20-32)18-21-2-4-25(5-3-21)29-27(24-11-16-33-17-12-24)9-7-23-6-8-26(31)19-28(23)29/h2-6,8,11,19,22H,1,7,9-10,12-18,20,31H2. The zero-order valence-corrected chi connectivity index (χ0v) is 19.5. The molecule has 1 fully saturated rings. The van der Waals surface area contributed by atoms with Crippen molar-refractivity contribution in [3.8, 4) is 0 Å². The number of halogens is 1. The molecule has 1 saturated heterocycles. The number of likely N-dealkylation sites (tertiary alicyclic amines) is 1. The Bertz CT molecular complexity index is 1040. The second kappa shape index (κ2) is 10.2. The van der Waals surface area contributed by atoms with Crippen LogP contribution in [0.3, 0.4) is 0 Å². The lowest BCUT2D eigenvalue weighted by atomic mass is 9.78. The van der Waals surface area contributed by atoms with Crippen LogP contribution in [0.1, 0.15) is 47.9 Å². The van der Waals surface area contributed by atoms with Crippen LogP contribution in [0.4, 0.5) is 10.1 Å². The van der Waals surface area contributed by atoms with Crippen LogP contribution in [-0.2, 0) is 17.6 Å². The van der Waals surface area contributed by atoms with Gasteiger partial charge in [0.25, 0.3) is 0 Å². The zero-order chi connectivity index (χ0) is 22.6. The number of rotatable bonds is 7. The van der Waals surface area contributed by atoms with Gasteiger partial charge in [-0.3, -0.25) is 4.39 Å². The Morgan fingerprint density at radius 3 is 2.73 bits per heavy atom. The van der Waals surface area contributed by atoms with E-state index in [-0.39, 0.29) is 6.67 Å². The Morgan fingerprint density at radius 2 is 1.94 bits per heavy atom. The van der Waals surface area contributed by atoms with E-state index in [1.807, 2.05) is 6.07 Å². The van der Waals surface area contributed by atoms with E-state index in [0.717, 1.165) is 57.6 Å². The molecule has 1 aliphatic carbocycles. The van der Waals surface area contributed by atoms with Crippen LogP contribution in [0, 0.1) is 5.92 Å². The molecule has 0 saturated carbocycles. The molecule has 0 bridgehead atoms. The molecule has 0 radical (unpaired) electrons. The molecule has 1 unspecified atom stereocenters. The molecule has 1 atom stereocenters. The van der Waals surface area contributed by atoms with Gasteiger partial charge in [-0.05, 0) is 102 Å². The lowest BCUT2D eigenvalue weighted by Crippen LogP contribution is -2.22. The summed E-state index contributed by atoms with van der Waals surface area (Å²) in [5.74, 6) is 0.674. The zero-order valence-electron chi connectivity index (χ0n) is 19.5. The molecular weight excluding hydrogens is 411 g/mol. The lowest BCUT2D eigenvalue weighted by Gasteiger charge is -2.27. The highest BCUT2D eigenvalue weighted by molar-refractivity contribution is 5.88. The van der Waals surface area contributed by atoms with Gasteiger partial charge in [0.15, 0.2) is 0 Å².